The largest absolute Gasteiger partial charge is 0.308 e. The normalized spacial score (nSPS) is 17.2. The van der Waals surface area contributed by atoms with Crippen LogP contribution in [0.15, 0.2) is 36.7 Å². The maximum Gasteiger partial charge on any atom is 0.260 e. The first kappa shape index (κ1) is 16.2. The van der Waals surface area contributed by atoms with Gasteiger partial charge in [0.05, 0.1) is 11.8 Å². The van der Waals surface area contributed by atoms with Crippen LogP contribution in [-0.4, -0.2) is 43.0 Å². The second-order valence-electron chi connectivity index (χ2n) is 6.51. The van der Waals surface area contributed by atoms with Crippen molar-refractivity contribution >= 4 is 21.6 Å². The molecule has 2 aromatic rings. The number of fused-ring (bicyclic) bond motifs is 2. The molecule has 130 valence electrons. The number of aromatic nitrogens is 1. The maximum absolute atomic E-state index is 13.1. The van der Waals surface area contributed by atoms with Crippen LogP contribution in [0.25, 0.3) is 0 Å². The van der Waals surface area contributed by atoms with Gasteiger partial charge in [0.25, 0.3) is 5.91 Å². The van der Waals surface area contributed by atoms with Crippen molar-refractivity contribution in [2.75, 3.05) is 24.2 Å². The second kappa shape index (κ2) is 5.93. The van der Waals surface area contributed by atoms with Crippen molar-refractivity contribution in [1.29, 1.82) is 0 Å². The molecular formula is C18H19N3O3S. The fraction of sp³-hybridized carbons (Fsp3) is 0.333. The van der Waals surface area contributed by atoms with Gasteiger partial charge in [0.15, 0.2) is 0 Å². The fourth-order valence-corrected chi connectivity index (χ4v) is 4.43. The topological polar surface area (TPSA) is 70.6 Å². The molecule has 1 amide bonds. The van der Waals surface area contributed by atoms with Crippen LogP contribution in [0.5, 0.6) is 0 Å². The van der Waals surface area contributed by atoms with Crippen molar-refractivity contribution in [3.63, 3.8) is 0 Å². The monoisotopic (exact) mass is 357 g/mol. The molecule has 0 atom stereocenters. The Labute approximate surface area is 147 Å². The van der Waals surface area contributed by atoms with E-state index in [1.165, 1.54) is 16.1 Å². The van der Waals surface area contributed by atoms with Crippen molar-refractivity contribution in [3.05, 3.63) is 58.9 Å². The summed E-state index contributed by atoms with van der Waals surface area (Å²) in [5, 5.41) is 0. The summed E-state index contributed by atoms with van der Waals surface area (Å²) in [6, 6.07) is 7.94. The van der Waals surface area contributed by atoms with Gasteiger partial charge in [-0.1, -0.05) is 18.2 Å². The number of carbonyl (C=O) groups is 1. The Morgan fingerprint density at radius 1 is 1.08 bits per heavy atom. The summed E-state index contributed by atoms with van der Waals surface area (Å²) in [7, 11) is -3.25. The van der Waals surface area contributed by atoms with E-state index in [0.29, 0.717) is 25.1 Å². The van der Waals surface area contributed by atoms with E-state index in [1.54, 1.807) is 17.3 Å². The average molecular weight is 357 g/mol. The zero-order valence-electron chi connectivity index (χ0n) is 14.0. The third-order valence-corrected chi connectivity index (χ3v) is 6.19. The standard InChI is InChI=1S/C18H19N3O3S/c1-25(23,24)20-8-7-15-14(12-20)10-19-11-16(15)18(22)21-9-6-13-4-2-3-5-17(13)21/h2-5,10-11H,6-9,12H2,1H3. The van der Waals surface area contributed by atoms with Gasteiger partial charge in [-0.2, -0.15) is 4.31 Å². The molecule has 25 heavy (non-hydrogen) atoms. The zero-order valence-corrected chi connectivity index (χ0v) is 14.8. The van der Waals surface area contributed by atoms with Gasteiger partial charge in [0.2, 0.25) is 10.0 Å². The van der Waals surface area contributed by atoms with Gasteiger partial charge in [0, 0.05) is 37.7 Å². The molecule has 7 heteroatoms. The van der Waals surface area contributed by atoms with Gasteiger partial charge >= 0.3 is 0 Å². The third kappa shape index (κ3) is 2.83. The van der Waals surface area contributed by atoms with Crippen LogP contribution in [0.4, 0.5) is 5.69 Å². The first-order valence-corrected chi connectivity index (χ1v) is 10.1. The minimum Gasteiger partial charge on any atom is -0.308 e. The third-order valence-electron chi connectivity index (χ3n) is 4.94. The van der Waals surface area contributed by atoms with Gasteiger partial charge in [-0.05, 0) is 35.6 Å². The number of anilines is 1. The maximum atomic E-state index is 13.1. The summed E-state index contributed by atoms with van der Waals surface area (Å²) in [4.78, 5) is 19.1. The number of rotatable bonds is 2. The van der Waals surface area contributed by atoms with Crippen LogP contribution in [0.2, 0.25) is 0 Å². The molecule has 3 heterocycles. The summed E-state index contributed by atoms with van der Waals surface area (Å²) >= 11 is 0. The molecule has 0 fully saturated rings. The fourth-order valence-electron chi connectivity index (χ4n) is 3.63. The number of amides is 1. The summed E-state index contributed by atoms with van der Waals surface area (Å²) in [5.41, 5.74) is 4.46. The molecular weight excluding hydrogens is 338 g/mol. The van der Waals surface area contributed by atoms with Gasteiger partial charge in [0.1, 0.15) is 0 Å². The molecule has 2 aliphatic rings. The van der Waals surface area contributed by atoms with Gasteiger partial charge in [-0.3, -0.25) is 9.78 Å². The SMILES string of the molecule is CS(=O)(=O)N1CCc2c(cncc2C(=O)N2CCc3ccccc32)C1. The highest BCUT2D eigenvalue weighted by Gasteiger charge is 2.30. The number of hydrogen-bond acceptors (Lipinski definition) is 4. The zero-order chi connectivity index (χ0) is 17.6. The Morgan fingerprint density at radius 3 is 2.68 bits per heavy atom. The van der Waals surface area contributed by atoms with Gasteiger partial charge in [-0.25, -0.2) is 8.42 Å². The molecule has 0 aliphatic carbocycles. The van der Waals surface area contributed by atoms with Crippen molar-refractivity contribution in [2.45, 2.75) is 19.4 Å². The minimum absolute atomic E-state index is 0.0536. The first-order valence-electron chi connectivity index (χ1n) is 8.26. The number of sulfonamides is 1. The number of benzene rings is 1. The van der Waals surface area contributed by atoms with Crippen molar-refractivity contribution in [2.24, 2.45) is 0 Å². The van der Waals surface area contributed by atoms with E-state index in [4.69, 9.17) is 0 Å². The Balaban J connectivity index is 1.68. The molecule has 0 saturated carbocycles. The smallest absolute Gasteiger partial charge is 0.260 e. The molecule has 0 radical (unpaired) electrons. The number of carbonyl (C=O) groups excluding carboxylic acids is 1. The minimum atomic E-state index is -3.25. The summed E-state index contributed by atoms with van der Waals surface area (Å²) in [5.74, 6) is -0.0536. The molecule has 0 unspecified atom stereocenters. The number of para-hydroxylation sites is 1. The Morgan fingerprint density at radius 2 is 1.88 bits per heavy atom. The number of pyridine rings is 1. The van der Waals surface area contributed by atoms with Crippen LogP contribution in [0.3, 0.4) is 0 Å². The van der Waals surface area contributed by atoms with E-state index in [9.17, 15) is 13.2 Å². The van der Waals surface area contributed by atoms with Crippen LogP contribution in [0, 0.1) is 0 Å². The second-order valence-corrected chi connectivity index (χ2v) is 8.49. The highest BCUT2D eigenvalue weighted by atomic mass is 32.2. The van der Waals surface area contributed by atoms with Gasteiger partial charge < -0.3 is 4.90 Å². The Bertz CT molecular complexity index is 956. The molecule has 4 rings (SSSR count). The van der Waals surface area contributed by atoms with Gasteiger partial charge in [-0.15, -0.1) is 0 Å². The predicted octanol–water partition coefficient (Wildman–Crippen LogP) is 1.60. The molecule has 1 aromatic carbocycles. The van der Waals surface area contributed by atoms with E-state index >= 15 is 0 Å². The van der Waals surface area contributed by atoms with E-state index in [1.807, 2.05) is 24.3 Å². The lowest BCUT2D eigenvalue weighted by Crippen LogP contribution is -2.37. The number of nitrogens with zero attached hydrogens (tertiary/aromatic N) is 3. The lowest BCUT2D eigenvalue weighted by Gasteiger charge is -2.28. The molecule has 0 bridgehead atoms. The van der Waals surface area contributed by atoms with Crippen molar-refractivity contribution < 1.29 is 13.2 Å². The summed E-state index contributed by atoms with van der Waals surface area (Å²) in [6.45, 7) is 1.34. The lowest BCUT2D eigenvalue weighted by molar-refractivity contribution is 0.0987. The quantitative estimate of drug-likeness (QED) is 0.819. The van der Waals surface area contributed by atoms with Crippen molar-refractivity contribution in [3.8, 4) is 0 Å². The van der Waals surface area contributed by atoms with E-state index in [-0.39, 0.29) is 12.5 Å². The molecule has 0 N–H and O–H groups in total. The molecule has 1 aromatic heterocycles. The molecule has 0 saturated heterocycles. The predicted molar refractivity (Wildman–Crippen MR) is 95.0 cm³/mol. The van der Waals surface area contributed by atoms with E-state index in [0.717, 1.165) is 23.2 Å². The first-order chi connectivity index (χ1) is 11.9. The number of hydrogen-bond donors (Lipinski definition) is 0. The molecule has 6 nitrogen and oxygen atoms in total. The van der Waals surface area contributed by atoms with E-state index < -0.39 is 10.0 Å². The highest BCUT2D eigenvalue weighted by Crippen LogP contribution is 2.31. The summed E-state index contributed by atoms with van der Waals surface area (Å²) in [6.07, 6.45) is 5.87. The van der Waals surface area contributed by atoms with E-state index in [2.05, 4.69) is 4.98 Å². The lowest BCUT2D eigenvalue weighted by atomic mass is 9.97. The Kier molecular flexibility index (Phi) is 3.85. The van der Waals surface area contributed by atoms with Crippen LogP contribution in [0.1, 0.15) is 27.0 Å². The molecule has 0 spiro atoms. The van der Waals surface area contributed by atoms with Crippen molar-refractivity contribution in [1.82, 2.24) is 9.29 Å². The average Bonchev–Trinajstić information content (AvgIpc) is 3.03. The highest BCUT2D eigenvalue weighted by molar-refractivity contribution is 7.88. The van der Waals surface area contributed by atoms with Crippen LogP contribution < -0.4 is 4.90 Å². The Hall–Kier alpha value is -2.25. The van der Waals surface area contributed by atoms with Crippen LogP contribution >= 0.6 is 0 Å². The molecule has 2 aliphatic heterocycles. The van der Waals surface area contributed by atoms with Crippen LogP contribution in [-0.2, 0) is 29.4 Å². The summed E-state index contributed by atoms with van der Waals surface area (Å²) < 4.78 is 25.0.